The van der Waals surface area contributed by atoms with Gasteiger partial charge in [-0.25, -0.2) is 4.39 Å². The summed E-state index contributed by atoms with van der Waals surface area (Å²) in [4.78, 5) is 19.6. The molecule has 0 amide bonds. The fourth-order valence-corrected chi connectivity index (χ4v) is 0.886. The molecule has 1 rings (SSSR count). The average Bonchev–Trinajstić information content (AvgIpc) is 2.18. The monoisotopic (exact) mass is 195 g/mol. The lowest BCUT2D eigenvalue weighted by molar-refractivity contribution is -0.384. The van der Waals surface area contributed by atoms with Crippen molar-refractivity contribution >= 4 is 18.0 Å². The first kappa shape index (κ1) is 10.0. The Kier molecular flexibility index (Phi) is 3.06. The van der Waals surface area contributed by atoms with Crippen LogP contribution in [0.2, 0.25) is 0 Å². The zero-order valence-electron chi connectivity index (χ0n) is 7.01. The first-order chi connectivity index (χ1) is 6.63. The zero-order valence-corrected chi connectivity index (χ0v) is 7.01. The van der Waals surface area contributed by atoms with Crippen molar-refractivity contribution in [3.05, 3.63) is 45.8 Å². The third kappa shape index (κ3) is 2.48. The van der Waals surface area contributed by atoms with Gasteiger partial charge in [0, 0.05) is 12.1 Å². The highest BCUT2D eigenvalue weighted by molar-refractivity contribution is 5.78. The van der Waals surface area contributed by atoms with Gasteiger partial charge in [-0.2, -0.15) is 0 Å². The van der Waals surface area contributed by atoms with E-state index in [-0.39, 0.29) is 12.0 Å². The summed E-state index contributed by atoms with van der Waals surface area (Å²) in [6.45, 7) is 0. The van der Waals surface area contributed by atoms with Crippen LogP contribution in [0, 0.1) is 10.1 Å². The third-order valence-electron chi connectivity index (χ3n) is 1.52. The molecule has 0 fully saturated rings. The Morgan fingerprint density at radius 3 is 2.36 bits per heavy atom. The summed E-state index contributed by atoms with van der Waals surface area (Å²) in [6, 6.07) is 5.20. The van der Waals surface area contributed by atoms with Crippen molar-refractivity contribution in [2.24, 2.45) is 0 Å². The molecule has 14 heavy (non-hydrogen) atoms. The maximum atomic E-state index is 12.4. The number of nitrogens with zero attached hydrogens (tertiary/aromatic N) is 1. The van der Waals surface area contributed by atoms with Crippen LogP contribution in [0.5, 0.6) is 0 Å². The highest BCUT2D eigenvalue weighted by atomic mass is 19.1. The minimum absolute atomic E-state index is 0.0708. The van der Waals surface area contributed by atoms with Gasteiger partial charge in [0.1, 0.15) is 0 Å². The molecule has 1 aromatic rings. The number of hydrogen-bond donors (Lipinski definition) is 0. The molecule has 0 N–H and O–H groups in total. The lowest BCUT2D eigenvalue weighted by Gasteiger charge is -1.92. The Bertz CT molecular complexity index is 384. The number of carbonyl (C=O) groups is 1. The van der Waals surface area contributed by atoms with E-state index in [1.807, 2.05) is 0 Å². The normalized spacial score (nSPS) is 11.1. The molecule has 0 unspecified atom stereocenters. The van der Waals surface area contributed by atoms with Crippen LogP contribution in [-0.2, 0) is 4.79 Å². The van der Waals surface area contributed by atoms with Gasteiger partial charge in [0.25, 0.3) is 5.69 Å². The number of halogens is 1. The number of allylic oxidation sites excluding steroid dienone is 1. The second-order valence-corrected chi connectivity index (χ2v) is 2.50. The van der Waals surface area contributed by atoms with E-state index >= 15 is 0 Å². The fraction of sp³-hybridized carbons (Fsp3) is 0. The molecule has 0 aliphatic carbocycles. The molecule has 5 heteroatoms. The van der Waals surface area contributed by atoms with Crippen LogP contribution >= 0.6 is 0 Å². The zero-order chi connectivity index (χ0) is 10.6. The van der Waals surface area contributed by atoms with Gasteiger partial charge in [-0.15, -0.1) is 0 Å². The molecule has 4 nitrogen and oxygen atoms in total. The first-order valence-corrected chi connectivity index (χ1v) is 3.70. The SMILES string of the molecule is O=C/C(F)=C/c1ccc([N+](=O)[O-])cc1. The van der Waals surface area contributed by atoms with E-state index in [0.717, 1.165) is 6.08 Å². The molecule has 0 bridgehead atoms. The van der Waals surface area contributed by atoms with E-state index in [1.165, 1.54) is 24.3 Å². The lowest BCUT2D eigenvalue weighted by Crippen LogP contribution is -1.86. The van der Waals surface area contributed by atoms with E-state index in [1.54, 1.807) is 0 Å². The average molecular weight is 195 g/mol. The van der Waals surface area contributed by atoms with Gasteiger partial charge in [-0.05, 0) is 23.8 Å². The quantitative estimate of drug-likeness (QED) is 0.321. The maximum absolute atomic E-state index is 12.4. The number of non-ortho nitro benzene ring substituents is 1. The number of hydrogen-bond acceptors (Lipinski definition) is 3. The Balaban J connectivity index is 2.94. The molecule has 1 aromatic carbocycles. The van der Waals surface area contributed by atoms with Crippen LogP contribution in [0.3, 0.4) is 0 Å². The van der Waals surface area contributed by atoms with Crippen LogP contribution in [0.4, 0.5) is 10.1 Å². The summed E-state index contributed by atoms with van der Waals surface area (Å²) in [7, 11) is 0. The van der Waals surface area contributed by atoms with E-state index in [0.29, 0.717) is 5.56 Å². The molecule has 0 atom stereocenters. The second-order valence-electron chi connectivity index (χ2n) is 2.50. The van der Waals surface area contributed by atoms with Gasteiger partial charge in [0.05, 0.1) is 4.92 Å². The molecular weight excluding hydrogens is 189 g/mol. The summed E-state index contributed by atoms with van der Waals surface area (Å²) in [5.74, 6) is -0.918. The number of nitro groups is 1. The van der Waals surface area contributed by atoms with Gasteiger partial charge in [-0.1, -0.05) is 0 Å². The van der Waals surface area contributed by atoms with Crippen molar-refractivity contribution in [2.75, 3.05) is 0 Å². The third-order valence-corrected chi connectivity index (χ3v) is 1.52. The molecular formula is C9H6FNO3. The van der Waals surface area contributed by atoms with Crippen molar-refractivity contribution < 1.29 is 14.1 Å². The van der Waals surface area contributed by atoms with Gasteiger partial charge < -0.3 is 0 Å². The number of benzene rings is 1. The van der Waals surface area contributed by atoms with Crippen LogP contribution in [0.1, 0.15) is 5.56 Å². The molecule has 0 aliphatic heterocycles. The highest BCUT2D eigenvalue weighted by Gasteiger charge is 2.02. The van der Waals surface area contributed by atoms with E-state index in [4.69, 9.17) is 0 Å². The minimum Gasteiger partial charge on any atom is -0.295 e. The van der Waals surface area contributed by atoms with Crippen molar-refractivity contribution in [1.29, 1.82) is 0 Å². The predicted octanol–water partition coefficient (Wildman–Crippen LogP) is 2.10. The summed E-state index contributed by atoms with van der Waals surface area (Å²) in [6.07, 6.45) is 1.07. The van der Waals surface area contributed by atoms with Crippen LogP contribution in [-0.4, -0.2) is 11.2 Å². The van der Waals surface area contributed by atoms with Gasteiger partial charge >= 0.3 is 0 Å². The summed E-state index contributed by atoms with van der Waals surface area (Å²) in [5, 5.41) is 10.3. The molecule has 0 spiro atoms. The summed E-state index contributed by atoms with van der Waals surface area (Å²) >= 11 is 0. The van der Waals surface area contributed by atoms with Crippen LogP contribution in [0.15, 0.2) is 30.1 Å². The Labute approximate surface area is 78.8 Å². The van der Waals surface area contributed by atoms with Gasteiger partial charge in [0.15, 0.2) is 12.1 Å². The largest absolute Gasteiger partial charge is 0.295 e. The number of carbonyl (C=O) groups excluding carboxylic acids is 1. The standard InChI is InChI=1S/C9H6FNO3/c10-8(6-12)5-7-1-3-9(4-2-7)11(13)14/h1-6H/b8-5-. The van der Waals surface area contributed by atoms with Crippen molar-refractivity contribution in [3.8, 4) is 0 Å². The molecule has 0 saturated carbocycles. The van der Waals surface area contributed by atoms with Crippen molar-refractivity contribution in [3.63, 3.8) is 0 Å². The van der Waals surface area contributed by atoms with E-state index in [2.05, 4.69) is 0 Å². The molecule has 0 aromatic heterocycles. The van der Waals surface area contributed by atoms with Gasteiger partial charge in [-0.3, -0.25) is 14.9 Å². The predicted molar refractivity (Wildman–Crippen MR) is 48.2 cm³/mol. The van der Waals surface area contributed by atoms with E-state index in [9.17, 15) is 19.3 Å². The lowest BCUT2D eigenvalue weighted by atomic mass is 10.2. The smallest absolute Gasteiger partial charge is 0.269 e. The Morgan fingerprint density at radius 1 is 1.36 bits per heavy atom. The highest BCUT2D eigenvalue weighted by Crippen LogP contribution is 2.13. The fourth-order valence-electron chi connectivity index (χ4n) is 0.886. The Hall–Kier alpha value is -2.04. The molecule has 0 radical (unpaired) electrons. The number of rotatable bonds is 3. The van der Waals surface area contributed by atoms with Gasteiger partial charge in [0.2, 0.25) is 0 Å². The molecule has 0 saturated heterocycles. The second kappa shape index (κ2) is 4.27. The first-order valence-electron chi connectivity index (χ1n) is 3.70. The summed E-state index contributed by atoms with van der Waals surface area (Å²) in [5.41, 5.74) is 0.328. The topological polar surface area (TPSA) is 60.2 Å². The van der Waals surface area contributed by atoms with Crippen LogP contribution < -0.4 is 0 Å². The minimum atomic E-state index is -0.918. The molecule has 72 valence electrons. The summed E-state index contributed by atoms with van der Waals surface area (Å²) < 4.78 is 12.4. The number of nitro benzene ring substituents is 1. The molecule has 0 aliphatic rings. The Morgan fingerprint density at radius 2 is 1.93 bits per heavy atom. The van der Waals surface area contributed by atoms with E-state index < -0.39 is 10.8 Å². The maximum Gasteiger partial charge on any atom is 0.269 e. The van der Waals surface area contributed by atoms with Crippen molar-refractivity contribution in [1.82, 2.24) is 0 Å². The van der Waals surface area contributed by atoms with Crippen LogP contribution in [0.25, 0.3) is 6.08 Å². The molecule has 0 heterocycles. The van der Waals surface area contributed by atoms with Crippen molar-refractivity contribution in [2.45, 2.75) is 0 Å². The number of aldehydes is 1.